The van der Waals surface area contributed by atoms with Crippen LogP contribution in [0.4, 0.5) is 5.82 Å². The molecule has 3 N–H and O–H groups in total. The van der Waals surface area contributed by atoms with Gasteiger partial charge < -0.3 is 11.1 Å². The van der Waals surface area contributed by atoms with Gasteiger partial charge in [-0.1, -0.05) is 0 Å². The van der Waals surface area contributed by atoms with E-state index in [2.05, 4.69) is 16.4 Å². The number of aryl methyl sites for hydroxylation is 1. The molecule has 1 aliphatic heterocycles. The summed E-state index contributed by atoms with van der Waals surface area (Å²) < 4.78 is 0. The lowest BCUT2D eigenvalue weighted by Gasteiger charge is -2.28. The lowest BCUT2D eigenvalue weighted by atomic mass is 9.98. The maximum absolute atomic E-state index is 5.75. The Morgan fingerprint density at radius 1 is 1.67 bits per heavy atom. The number of nitrogens with zero attached hydrogens (tertiary/aromatic N) is 1. The van der Waals surface area contributed by atoms with Gasteiger partial charge in [-0.05, 0) is 31.5 Å². The van der Waals surface area contributed by atoms with Crippen molar-refractivity contribution in [3.8, 4) is 0 Å². The number of nitrogens with two attached hydrogens (primary N) is 1. The third-order valence-corrected chi connectivity index (χ3v) is 2.29. The van der Waals surface area contributed by atoms with Gasteiger partial charge in [0.25, 0.3) is 0 Å². The van der Waals surface area contributed by atoms with Crippen LogP contribution in [-0.2, 0) is 0 Å². The molecule has 1 aromatic rings. The molecular formula is C9H13N3. The van der Waals surface area contributed by atoms with E-state index in [-0.39, 0.29) is 0 Å². The second kappa shape index (κ2) is 2.75. The Morgan fingerprint density at radius 3 is 3.00 bits per heavy atom. The number of pyridine rings is 1. The predicted molar refractivity (Wildman–Crippen MR) is 48.7 cm³/mol. The second-order valence-corrected chi connectivity index (χ2v) is 3.28. The Kier molecular flexibility index (Phi) is 1.73. The zero-order valence-electron chi connectivity index (χ0n) is 7.17. The van der Waals surface area contributed by atoms with Crippen molar-refractivity contribution in [2.45, 2.75) is 19.4 Å². The highest BCUT2D eigenvalue weighted by molar-refractivity contribution is 5.43. The molecule has 1 atom stereocenters. The molecule has 0 aromatic carbocycles. The number of anilines is 1. The highest BCUT2D eigenvalue weighted by Gasteiger charge is 2.20. The fourth-order valence-electron chi connectivity index (χ4n) is 1.44. The molecule has 0 radical (unpaired) electrons. The number of hydrogen-bond acceptors (Lipinski definition) is 3. The Morgan fingerprint density at radius 2 is 2.42 bits per heavy atom. The fraction of sp³-hybridized carbons (Fsp3) is 0.444. The summed E-state index contributed by atoms with van der Waals surface area (Å²) in [5, 5.41) is 3.31. The first-order valence-electron chi connectivity index (χ1n) is 4.23. The average molecular weight is 163 g/mol. The molecule has 1 saturated heterocycles. The number of rotatable bonds is 1. The molecule has 1 aromatic heterocycles. The highest BCUT2D eigenvalue weighted by Crippen LogP contribution is 2.26. The van der Waals surface area contributed by atoms with Crippen LogP contribution < -0.4 is 11.1 Å². The normalized spacial score (nSPS) is 21.9. The van der Waals surface area contributed by atoms with Gasteiger partial charge in [0, 0.05) is 17.8 Å². The van der Waals surface area contributed by atoms with Gasteiger partial charge in [0.05, 0.1) is 0 Å². The summed E-state index contributed by atoms with van der Waals surface area (Å²) in [7, 11) is 0. The molecule has 2 heterocycles. The molecule has 3 heteroatoms. The van der Waals surface area contributed by atoms with Crippen molar-refractivity contribution < 1.29 is 0 Å². The van der Waals surface area contributed by atoms with Crippen LogP contribution in [0.5, 0.6) is 0 Å². The SMILES string of the molecule is Cc1cnc(N)c(C2CCN2)c1. The zero-order chi connectivity index (χ0) is 8.55. The van der Waals surface area contributed by atoms with E-state index in [4.69, 9.17) is 5.73 Å². The van der Waals surface area contributed by atoms with Gasteiger partial charge >= 0.3 is 0 Å². The molecule has 0 aliphatic carbocycles. The molecule has 0 bridgehead atoms. The van der Waals surface area contributed by atoms with Crippen LogP contribution in [0.1, 0.15) is 23.6 Å². The molecule has 1 unspecified atom stereocenters. The zero-order valence-corrected chi connectivity index (χ0v) is 7.17. The molecular weight excluding hydrogens is 150 g/mol. The van der Waals surface area contributed by atoms with Crippen LogP contribution in [0.25, 0.3) is 0 Å². The van der Waals surface area contributed by atoms with Gasteiger partial charge in [0.15, 0.2) is 0 Å². The minimum Gasteiger partial charge on any atom is -0.383 e. The van der Waals surface area contributed by atoms with Gasteiger partial charge in [-0.3, -0.25) is 0 Å². The molecule has 12 heavy (non-hydrogen) atoms. The smallest absolute Gasteiger partial charge is 0.128 e. The van der Waals surface area contributed by atoms with Gasteiger partial charge in [-0.25, -0.2) is 4.98 Å². The minimum atomic E-state index is 0.442. The first-order valence-corrected chi connectivity index (χ1v) is 4.23. The molecule has 2 rings (SSSR count). The summed E-state index contributed by atoms with van der Waals surface area (Å²) >= 11 is 0. The Bertz CT molecular complexity index is 292. The standard InChI is InChI=1S/C9H13N3/c1-6-4-7(8-2-3-11-8)9(10)12-5-6/h4-5,8,11H,2-3H2,1H3,(H2,10,12). The van der Waals surface area contributed by atoms with Crippen molar-refractivity contribution in [2.75, 3.05) is 12.3 Å². The van der Waals surface area contributed by atoms with E-state index in [0.29, 0.717) is 11.9 Å². The lowest BCUT2D eigenvalue weighted by Crippen LogP contribution is -2.35. The monoisotopic (exact) mass is 163 g/mol. The van der Waals surface area contributed by atoms with Crippen molar-refractivity contribution in [3.05, 3.63) is 23.4 Å². The van der Waals surface area contributed by atoms with E-state index in [1.54, 1.807) is 6.20 Å². The van der Waals surface area contributed by atoms with Crippen LogP contribution in [0.2, 0.25) is 0 Å². The predicted octanol–water partition coefficient (Wildman–Crippen LogP) is 1.01. The number of nitrogen functional groups attached to an aromatic ring is 1. The summed E-state index contributed by atoms with van der Waals surface area (Å²) in [6, 6.07) is 2.55. The first-order chi connectivity index (χ1) is 5.77. The van der Waals surface area contributed by atoms with Crippen molar-refractivity contribution in [3.63, 3.8) is 0 Å². The average Bonchev–Trinajstić information content (AvgIpc) is 1.93. The molecule has 0 saturated carbocycles. The van der Waals surface area contributed by atoms with E-state index >= 15 is 0 Å². The summed E-state index contributed by atoms with van der Waals surface area (Å²) in [5.41, 5.74) is 8.08. The number of aromatic nitrogens is 1. The van der Waals surface area contributed by atoms with Crippen LogP contribution in [-0.4, -0.2) is 11.5 Å². The van der Waals surface area contributed by atoms with Gasteiger partial charge in [-0.15, -0.1) is 0 Å². The maximum atomic E-state index is 5.75. The highest BCUT2D eigenvalue weighted by atomic mass is 15.0. The Labute approximate surface area is 72.0 Å². The van der Waals surface area contributed by atoms with E-state index in [0.717, 1.165) is 12.1 Å². The largest absolute Gasteiger partial charge is 0.383 e. The Balaban J connectivity index is 2.34. The van der Waals surface area contributed by atoms with Crippen LogP contribution in [0.15, 0.2) is 12.3 Å². The molecule has 64 valence electrons. The van der Waals surface area contributed by atoms with Gasteiger partial charge in [0.1, 0.15) is 5.82 Å². The molecule has 0 spiro atoms. The van der Waals surface area contributed by atoms with Crippen molar-refractivity contribution in [2.24, 2.45) is 0 Å². The molecule has 1 fully saturated rings. The van der Waals surface area contributed by atoms with E-state index in [1.165, 1.54) is 12.0 Å². The van der Waals surface area contributed by atoms with Crippen molar-refractivity contribution in [1.82, 2.24) is 10.3 Å². The quantitative estimate of drug-likeness (QED) is 0.649. The van der Waals surface area contributed by atoms with E-state index in [1.807, 2.05) is 6.92 Å². The lowest BCUT2D eigenvalue weighted by molar-refractivity contribution is 0.383. The van der Waals surface area contributed by atoms with Crippen molar-refractivity contribution in [1.29, 1.82) is 0 Å². The topological polar surface area (TPSA) is 50.9 Å². The van der Waals surface area contributed by atoms with Gasteiger partial charge in [-0.2, -0.15) is 0 Å². The van der Waals surface area contributed by atoms with Crippen LogP contribution in [0, 0.1) is 6.92 Å². The maximum Gasteiger partial charge on any atom is 0.128 e. The summed E-state index contributed by atoms with van der Waals surface area (Å²) in [5.74, 6) is 0.665. The number of hydrogen-bond donors (Lipinski definition) is 2. The summed E-state index contributed by atoms with van der Waals surface area (Å²) in [6.07, 6.45) is 2.98. The first kappa shape index (κ1) is 7.55. The van der Waals surface area contributed by atoms with Crippen LogP contribution >= 0.6 is 0 Å². The molecule has 3 nitrogen and oxygen atoms in total. The molecule has 0 amide bonds. The fourth-order valence-corrected chi connectivity index (χ4v) is 1.44. The summed E-state index contributed by atoms with van der Waals surface area (Å²) in [4.78, 5) is 4.12. The van der Waals surface area contributed by atoms with E-state index < -0.39 is 0 Å². The van der Waals surface area contributed by atoms with Crippen LogP contribution in [0.3, 0.4) is 0 Å². The van der Waals surface area contributed by atoms with E-state index in [9.17, 15) is 0 Å². The van der Waals surface area contributed by atoms with Crippen molar-refractivity contribution >= 4 is 5.82 Å². The Hall–Kier alpha value is -1.09. The third kappa shape index (κ3) is 1.16. The summed E-state index contributed by atoms with van der Waals surface area (Å²) in [6.45, 7) is 3.13. The molecule has 1 aliphatic rings. The number of nitrogens with one attached hydrogen (secondary N) is 1. The second-order valence-electron chi connectivity index (χ2n) is 3.28. The third-order valence-electron chi connectivity index (χ3n) is 2.29. The minimum absolute atomic E-state index is 0.442. The van der Waals surface area contributed by atoms with Gasteiger partial charge in [0.2, 0.25) is 0 Å².